The van der Waals surface area contributed by atoms with E-state index in [2.05, 4.69) is 10.4 Å². The summed E-state index contributed by atoms with van der Waals surface area (Å²) in [6.07, 6.45) is -0.836. The number of urea groups is 1. The predicted octanol–water partition coefficient (Wildman–Crippen LogP) is 3.88. The second kappa shape index (κ2) is 6.96. The zero-order chi connectivity index (χ0) is 19.9. The SMILES string of the molecule is CC(C)Cn1cc(NC(=O)N2CCC3(C2)Oc2ccccc2O3)c(C(F)F)n1. The van der Waals surface area contributed by atoms with E-state index >= 15 is 0 Å². The summed E-state index contributed by atoms with van der Waals surface area (Å²) in [7, 11) is 0. The number of alkyl halides is 2. The summed E-state index contributed by atoms with van der Waals surface area (Å²) in [5, 5.41) is 6.48. The molecule has 3 heterocycles. The summed E-state index contributed by atoms with van der Waals surface area (Å²) in [6, 6.07) is 6.84. The fraction of sp³-hybridized carbons (Fsp3) is 0.474. The molecule has 0 saturated carbocycles. The highest BCUT2D eigenvalue weighted by Gasteiger charge is 2.48. The van der Waals surface area contributed by atoms with E-state index in [0.29, 0.717) is 31.0 Å². The fourth-order valence-corrected chi connectivity index (χ4v) is 3.49. The van der Waals surface area contributed by atoms with Crippen molar-refractivity contribution in [2.75, 3.05) is 18.4 Å². The van der Waals surface area contributed by atoms with Crippen LogP contribution >= 0.6 is 0 Å². The average Bonchev–Trinajstić information content (AvgIpc) is 3.31. The van der Waals surface area contributed by atoms with Gasteiger partial charge in [0.15, 0.2) is 17.2 Å². The fourth-order valence-electron chi connectivity index (χ4n) is 3.49. The number of nitrogens with one attached hydrogen (secondary N) is 1. The van der Waals surface area contributed by atoms with Gasteiger partial charge in [-0.1, -0.05) is 26.0 Å². The summed E-state index contributed by atoms with van der Waals surface area (Å²) in [4.78, 5) is 14.2. The Morgan fingerprint density at radius 2 is 1.96 bits per heavy atom. The van der Waals surface area contributed by atoms with Crippen molar-refractivity contribution in [2.24, 2.45) is 5.92 Å². The van der Waals surface area contributed by atoms with Gasteiger partial charge in [-0.2, -0.15) is 5.10 Å². The Kier molecular flexibility index (Phi) is 4.60. The Hall–Kier alpha value is -2.84. The molecule has 28 heavy (non-hydrogen) atoms. The lowest BCUT2D eigenvalue weighted by Crippen LogP contribution is -2.43. The van der Waals surface area contributed by atoms with Crippen molar-refractivity contribution in [1.29, 1.82) is 0 Å². The van der Waals surface area contributed by atoms with Gasteiger partial charge in [-0.15, -0.1) is 0 Å². The number of benzene rings is 1. The quantitative estimate of drug-likeness (QED) is 0.857. The molecule has 2 aromatic rings. The van der Waals surface area contributed by atoms with Crippen LogP contribution in [0.15, 0.2) is 30.5 Å². The number of nitrogens with zero attached hydrogens (tertiary/aromatic N) is 3. The molecule has 1 aromatic carbocycles. The highest BCUT2D eigenvalue weighted by atomic mass is 19.3. The number of aromatic nitrogens is 2. The highest BCUT2D eigenvalue weighted by molar-refractivity contribution is 5.90. The zero-order valence-corrected chi connectivity index (χ0v) is 15.7. The van der Waals surface area contributed by atoms with Crippen LogP contribution in [0.25, 0.3) is 0 Å². The van der Waals surface area contributed by atoms with E-state index in [-0.39, 0.29) is 18.2 Å². The number of carbonyl (C=O) groups excluding carboxylic acids is 1. The maximum absolute atomic E-state index is 13.3. The number of likely N-dealkylation sites (tertiary alicyclic amines) is 1. The molecular weight excluding hydrogens is 370 g/mol. The van der Waals surface area contributed by atoms with Crippen molar-refractivity contribution >= 4 is 11.7 Å². The van der Waals surface area contributed by atoms with Crippen molar-refractivity contribution in [2.45, 2.75) is 39.0 Å². The van der Waals surface area contributed by atoms with Crippen LogP contribution < -0.4 is 14.8 Å². The molecule has 1 aromatic heterocycles. The van der Waals surface area contributed by atoms with E-state index in [0.717, 1.165) is 0 Å². The minimum absolute atomic E-state index is 0.0261. The molecule has 1 saturated heterocycles. The van der Waals surface area contributed by atoms with Crippen LogP contribution in [0.2, 0.25) is 0 Å². The molecule has 1 fully saturated rings. The van der Waals surface area contributed by atoms with E-state index in [1.807, 2.05) is 38.1 Å². The van der Waals surface area contributed by atoms with Crippen molar-refractivity contribution in [3.05, 3.63) is 36.2 Å². The predicted molar refractivity (Wildman–Crippen MR) is 97.7 cm³/mol. The molecule has 2 aliphatic heterocycles. The third-order valence-electron chi connectivity index (χ3n) is 4.71. The summed E-state index contributed by atoms with van der Waals surface area (Å²) in [6.45, 7) is 5.01. The molecule has 0 aliphatic carbocycles. The number of fused-ring (bicyclic) bond motifs is 1. The molecule has 150 valence electrons. The van der Waals surface area contributed by atoms with Gasteiger partial charge < -0.3 is 19.7 Å². The lowest BCUT2D eigenvalue weighted by atomic mass is 10.2. The van der Waals surface area contributed by atoms with Gasteiger partial charge in [0, 0.05) is 25.7 Å². The number of anilines is 1. The summed E-state index contributed by atoms with van der Waals surface area (Å²) in [5.74, 6) is 0.596. The van der Waals surface area contributed by atoms with Gasteiger partial charge in [-0.3, -0.25) is 4.68 Å². The first-order chi connectivity index (χ1) is 13.3. The number of hydrogen-bond acceptors (Lipinski definition) is 4. The molecule has 2 amide bonds. The van der Waals surface area contributed by atoms with E-state index in [9.17, 15) is 13.6 Å². The Labute approximate surface area is 161 Å². The third kappa shape index (κ3) is 3.48. The normalized spacial score (nSPS) is 17.1. The van der Waals surface area contributed by atoms with Crippen LogP contribution in [0.5, 0.6) is 11.5 Å². The van der Waals surface area contributed by atoms with Gasteiger partial charge in [-0.05, 0) is 18.1 Å². The minimum Gasteiger partial charge on any atom is -0.447 e. The number of para-hydroxylation sites is 2. The molecule has 0 radical (unpaired) electrons. The van der Waals surface area contributed by atoms with E-state index < -0.39 is 23.9 Å². The van der Waals surface area contributed by atoms with Crippen molar-refractivity contribution in [3.8, 4) is 11.5 Å². The molecular formula is C19H22F2N4O3. The maximum atomic E-state index is 13.3. The second-order valence-corrected chi connectivity index (χ2v) is 7.51. The molecule has 1 spiro atoms. The van der Waals surface area contributed by atoms with Crippen molar-refractivity contribution in [3.63, 3.8) is 0 Å². The topological polar surface area (TPSA) is 68.6 Å². The Morgan fingerprint density at radius 3 is 2.57 bits per heavy atom. The van der Waals surface area contributed by atoms with Crippen LogP contribution in [-0.2, 0) is 6.54 Å². The molecule has 1 N–H and O–H groups in total. The first-order valence-corrected chi connectivity index (χ1v) is 9.24. The Bertz CT molecular complexity index is 859. The number of halogens is 2. The monoisotopic (exact) mass is 392 g/mol. The van der Waals surface area contributed by atoms with Crippen molar-refractivity contribution in [1.82, 2.24) is 14.7 Å². The molecule has 4 rings (SSSR count). The number of ether oxygens (including phenoxy) is 2. The smallest absolute Gasteiger partial charge is 0.322 e. The van der Waals surface area contributed by atoms with Crippen LogP contribution in [0.3, 0.4) is 0 Å². The Balaban J connectivity index is 1.45. The van der Waals surface area contributed by atoms with Crippen LogP contribution in [-0.4, -0.2) is 39.6 Å². The largest absolute Gasteiger partial charge is 0.447 e. The summed E-state index contributed by atoms with van der Waals surface area (Å²) in [5.41, 5.74) is -0.401. The maximum Gasteiger partial charge on any atom is 0.322 e. The standard InChI is InChI=1S/C19H22F2N4O3/c1-12(2)9-25-10-13(16(23-25)17(20)21)22-18(26)24-8-7-19(11-24)27-14-5-3-4-6-15(14)28-19/h3-6,10,12,17H,7-9,11H2,1-2H3,(H,22,26). The first kappa shape index (κ1) is 18.5. The number of rotatable bonds is 4. The summed E-state index contributed by atoms with van der Waals surface area (Å²) >= 11 is 0. The molecule has 2 aliphatic rings. The summed E-state index contributed by atoms with van der Waals surface area (Å²) < 4.78 is 39.9. The molecule has 0 bridgehead atoms. The molecule has 9 heteroatoms. The van der Waals surface area contributed by atoms with Crippen LogP contribution in [0, 0.1) is 5.92 Å². The van der Waals surface area contributed by atoms with Gasteiger partial charge in [0.1, 0.15) is 0 Å². The average molecular weight is 392 g/mol. The molecule has 0 atom stereocenters. The molecule has 7 nitrogen and oxygen atoms in total. The minimum atomic E-state index is -2.77. The van der Waals surface area contributed by atoms with Gasteiger partial charge in [0.05, 0.1) is 12.2 Å². The molecule has 0 unspecified atom stereocenters. The van der Waals surface area contributed by atoms with Gasteiger partial charge in [0.2, 0.25) is 0 Å². The number of carbonyl (C=O) groups is 1. The van der Waals surface area contributed by atoms with Gasteiger partial charge in [0.25, 0.3) is 12.2 Å². The van der Waals surface area contributed by atoms with E-state index in [1.165, 1.54) is 15.8 Å². The van der Waals surface area contributed by atoms with Gasteiger partial charge in [-0.25, -0.2) is 13.6 Å². The number of amides is 2. The second-order valence-electron chi connectivity index (χ2n) is 7.51. The first-order valence-electron chi connectivity index (χ1n) is 9.24. The lowest BCUT2D eigenvalue weighted by molar-refractivity contribution is -0.0647. The van der Waals surface area contributed by atoms with E-state index in [4.69, 9.17) is 9.47 Å². The van der Waals surface area contributed by atoms with Gasteiger partial charge >= 0.3 is 6.03 Å². The van der Waals surface area contributed by atoms with Crippen molar-refractivity contribution < 1.29 is 23.0 Å². The lowest BCUT2D eigenvalue weighted by Gasteiger charge is -2.23. The van der Waals surface area contributed by atoms with Crippen LogP contribution in [0.1, 0.15) is 32.4 Å². The Morgan fingerprint density at radius 1 is 1.29 bits per heavy atom. The highest BCUT2D eigenvalue weighted by Crippen LogP contribution is 2.43. The van der Waals surface area contributed by atoms with Crippen LogP contribution in [0.4, 0.5) is 19.3 Å². The number of hydrogen-bond donors (Lipinski definition) is 1. The van der Waals surface area contributed by atoms with E-state index in [1.54, 1.807) is 0 Å². The third-order valence-corrected chi connectivity index (χ3v) is 4.71. The zero-order valence-electron chi connectivity index (χ0n) is 15.7.